The third-order valence-electron chi connectivity index (χ3n) is 2.68. The Morgan fingerprint density at radius 1 is 1.53 bits per heavy atom. The molecule has 1 atom stereocenters. The standard InChI is InChI=1S/C12H18N2S/c1-3-7-12(4-2,10-13)14-9-11-6-5-8-15-11/h5-6,8,14H,3-4,7,9H2,1-2H3. The van der Waals surface area contributed by atoms with Crippen molar-refractivity contribution in [2.24, 2.45) is 0 Å². The molecule has 0 saturated carbocycles. The van der Waals surface area contributed by atoms with Gasteiger partial charge in [0.15, 0.2) is 0 Å². The molecule has 1 rings (SSSR count). The van der Waals surface area contributed by atoms with Crippen LogP contribution >= 0.6 is 11.3 Å². The van der Waals surface area contributed by atoms with Crippen LogP contribution in [0.25, 0.3) is 0 Å². The van der Waals surface area contributed by atoms with Gasteiger partial charge >= 0.3 is 0 Å². The monoisotopic (exact) mass is 222 g/mol. The molecule has 0 aromatic carbocycles. The molecule has 3 heteroatoms. The van der Waals surface area contributed by atoms with Gasteiger partial charge in [-0.05, 0) is 24.3 Å². The van der Waals surface area contributed by atoms with E-state index in [1.54, 1.807) is 11.3 Å². The molecule has 0 fully saturated rings. The van der Waals surface area contributed by atoms with E-state index >= 15 is 0 Å². The lowest BCUT2D eigenvalue weighted by atomic mass is 9.92. The van der Waals surface area contributed by atoms with E-state index in [9.17, 15) is 5.26 Å². The van der Waals surface area contributed by atoms with E-state index in [-0.39, 0.29) is 5.54 Å². The molecule has 82 valence electrons. The molecule has 0 radical (unpaired) electrons. The number of hydrogen-bond acceptors (Lipinski definition) is 3. The van der Waals surface area contributed by atoms with Crippen molar-refractivity contribution in [3.05, 3.63) is 22.4 Å². The highest BCUT2D eigenvalue weighted by molar-refractivity contribution is 7.09. The molecule has 0 aliphatic heterocycles. The number of thiophene rings is 1. The maximum atomic E-state index is 9.23. The minimum Gasteiger partial charge on any atom is -0.294 e. The molecule has 0 spiro atoms. The third-order valence-corrected chi connectivity index (χ3v) is 3.55. The Morgan fingerprint density at radius 3 is 2.80 bits per heavy atom. The van der Waals surface area contributed by atoms with Crippen LogP contribution in [-0.4, -0.2) is 5.54 Å². The number of nitrogens with zero attached hydrogens (tertiary/aromatic N) is 1. The second-order valence-electron chi connectivity index (χ2n) is 3.73. The second-order valence-corrected chi connectivity index (χ2v) is 4.76. The highest BCUT2D eigenvalue weighted by atomic mass is 32.1. The Kier molecular flexibility index (Phi) is 4.80. The molecule has 15 heavy (non-hydrogen) atoms. The summed E-state index contributed by atoms with van der Waals surface area (Å²) in [6.07, 6.45) is 2.83. The van der Waals surface area contributed by atoms with Crippen molar-refractivity contribution >= 4 is 11.3 Å². The van der Waals surface area contributed by atoms with Crippen LogP contribution in [0, 0.1) is 11.3 Å². The van der Waals surface area contributed by atoms with E-state index < -0.39 is 0 Å². The van der Waals surface area contributed by atoms with Gasteiger partial charge in [0.1, 0.15) is 5.54 Å². The van der Waals surface area contributed by atoms with Crippen molar-refractivity contribution in [2.45, 2.75) is 45.2 Å². The van der Waals surface area contributed by atoms with Gasteiger partial charge < -0.3 is 0 Å². The molecule has 0 amide bonds. The van der Waals surface area contributed by atoms with Crippen LogP contribution < -0.4 is 5.32 Å². The van der Waals surface area contributed by atoms with E-state index in [1.165, 1.54) is 4.88 Å². The van der Waals surface area contributed by atoms with Crippen LogP contribution in [0.1, 0.15) is 38.0 Å². The van der Waals surface area contributed by atoms with E-state index in [0.29, 0.717) is 0 Å². The van der Waals surface area contributed by atoms with Gasteiger partial charge in [-0.25, -0.2) is 0 Å². The SMILES string of the molecule is CCCC(C#N)(CC)NCc1cccs1. The first kappa shape index (κ1) is 12.2. The summed E-state index contributed by atoms with van der Waals surface area (Å²) >= 11 is 1.73. The molecule has 0 aliphatic rings. The summed E-state index contributed by atoms with van der Waals surface area (Å²) in [7, 11) is 0. The van der Waals surface area contributed by atoms with Crippen molar-refractivity contribution in [2.75, 3.05) is 0 Å². The second kappa shape index (κ2) is 5.89. The Labute approximate surface area is 95.9 Å². The molecule has 2 nitrogen and oxygen atoms in total. The zero-order valence-electron chi connectivity index (χ0n) is 9.42. The Balaban J connectivity index is 2.56. The number of rotatable bonds is 6. The summed E-state index contributed by atoms with van der Waals surface area (Å²) < 4.78 is 0. The third kappa shape index (κ3) is 3.33. The summed E-state index contributed by atoms with van der Waals surface area (Å²) in [5, 5.41) is 14.7. The van der Waals surface area contributed by atoms with Crippen LogP contribution in [0.5, 0.6) is 0 Å². The van der Waals surface area contributed by atoms with Gasteiger partial charge in [0, 0.05) is 11.4 Å². The van der Waals surface area contributed by atoms with Gasteiger partial charge in [0.2, 0.25) is 0 Å². The maximum absolute atomic E-state index is 9.23. The Hall–Kier alpha value is -0.850. The predicted octanol–water partition coefficient (Wildman–Crippen LogP) is 3.31. The molecule has 0 aliphatic carbocycles. The summed E-state index contributed by atoms with van der Waals surface area (Å²) in [4.78, 5) is 1.29. The molecule has 1 heterocycles. The van der Waals surface area contributed by atoms with E-state index in [0.717, 1.165) is 25.8 Å². The highest BCUT2D eigenvalue weighted by Crippen LogP contribution is 2.18. The van der Waals surface area contributed by atoms with Crippen molar-refractivity contribution in [3.8, 4) is 6.07 Å². The van der Waals surface area contributed by atoms with Crippen LogP contribution in [0.3, 0.4) is 0 Å². The minimum atomic E-state index is -0.335. The number of nitrogens with one attached hydrogen (secondary N) is 1. The van der Waals surface area contributed by atoms with Gasteiger partial charge in [0.25, 0.3) is 0 Å². The average Bonchev–Trinajstić information content (AvgIpc) is 2.77. The first-order valence-corrected chi connectivity index (χ1v) is 6.33. The first-order chi connectivity index (χ1) is 7.26. The smallest absolute Gasteiger partial charge is 0.106 e. The van der Waals surface area contributed by atoms with Gasteiger partial charge in [-0.2, -0.15) is 5.26 Å². The maximum Gasteiger partial charge on any atom is 0.106 e. The van der Waals surface area contributed by atoms with Crippen LogP contribution in [0.2, 0.25) is 0 Å². The quantitative estimate of drug-likeness (QED) is 0.801. The van der Waals surface area contributed by atoms with Crippen molar-refractivity contribution in [1.29, 1.82) is 5.26 Å². The molecule has 0 bridgehead atoms. The van der Waals surface area contributed by atoms with Crippen LogP contribution in [0.4, 0.5) is 0 Å². The largest absolute Gasteiger partial charge is 0.294 e. The summed E-state index contributed by atoms with van der Waals surface area (Å²) in [5.41, 5.74) is -0.335. The normalized spacial score (nSPS) is 14.5. The minimum absolute atomic E-state index is 0.335. The zero-order chi connectivity index (χ0) is 11.1. The fourth-order valence-electron chi connectivity index (χ4n) is 1.66. The molecule has 1 aromatic heterocycles. The molecular weight excluding hydrogens is 204 g/mol. The van der Waals surface area contributed by atoms with E-state index in [1.807, 2.05) is 6.07 Å². The molecule has 0 saturated heterocycles. The summed E-state index contributed by atoms with van der Waals surface area (Å²) in [6.45, 7) is 4.99. The fourth-order valence-corrected chi connectivity index (χ4v) is 2.31. The Bertz CT molecular complexity index is 313. The van der Waals surface area contributed by atoms with Gasteiger partial charge in [-0.1, -0.05) is 26.3 Å². The van der Waals surface area contributed by atoms with Gasteiger partial charge in [0.05, 0.1) is 6.07 Å². The average molecular weight is 222 g/mol. The lowest BCUT2D eigenvalue weighted by Crippen LogP contribution is -2.42. The lowest BCUT2D eigenvalue weighted by Gasteiger charge is -2.25. The fraction of sp³-hybridized carbons (Fsp3) is 0.583. The lowest BCUT2D eigenvalue weighted by molar-refractivity contribution is 0.369. The van der Waals surface area contributed by atoms with Crippen LogP contribution in [-0.2, 0) is 6.54 Å². The zero-order valence-corrected chi connectivity index (χ0v) is 10.2. The Morgan fingerprint density at radius 2 is 2.33 bits per heavy atom. The highest BCUT2D eigenvalue weighted by Gasteiger charge is 2.25. The van der Waals surface area contributed by atoms with Crippen molar-refractivity contribution in [3.63, 3.8) is 0 Å². The first-order valence-electron chi connectivity index (χ1n) is 5.45. The van der Waals surface area contributed by atoms with Crippen LogP contribution in [0.15, 0.2) is 17.5 Å². The summed E-state index contributed by atoms with van der Waals surface area (Å²) in [5.74, 6) is 0. The van der Waals surface area contributed by atoms with E-state index in [4.69, 9.17) is 0 Å². The van der Waals surface area contributed by atoms with Crippen molar-refractivity contribution in [1.82, 2.24) is 5.32 Å². The number of nitriles is 1. The van der Waals surface area contributed by atoms with Crippen molar-refractivity contribution < 1.29 is 0 Å². The van der Waals surface area contributed by atoms with E-state index in [2.05, 4.69) is 36.7 Å². The molecular formula is C12H18N2S. The summed E-state index contributed by atoms with van der Waals surface area (Å²) in [6, 6.07) is 6.56. The van der Waals surface area contributed by atoms with Gasteiger partial charge in [-0.3, -0.25) is 5.32 Å². The molecule has 1 aromatic rings. The molecule has 1 unspecified atom stereocenters. The predicted molar refractivity (Wildman–Crippen MR) is 64.7 cm³/mol. The number of hydrogen-bond donors (Lipinski definition) is 1. The molecule has 1 N–H and O–H groups in total. The van der Waals surface area contributed by atoms with Gasteiger partial charge in [-0.15, -0.1) is 11.3 Å². The topological polar surface area (TPSA) is 35.8 Å².